The van der Waals surface area contributed by atoms with Crippen LogP contribution in [-0.4, -0.2) is 23.2 Å². The van der Waals surface area contributed by atoms with Crippen LogP contribution in [0.1, 0.15) is 16.2 Å². The fourth-order valence-electron chi connectivity index (χ4n) is 1.51. The first kappa shape index (κ1) is 13.7. The second kappa shape index (κ2) is 5.50. The minimum Gasteiger partial charge on any atom is -0.475 e. The van der Waals surface area contributed by atoms with Crippen molar-refractivity contribution in [2.24, 2.45) is 0 Å². The van der Waals surface area contributed by atoms with Crippen molar-refractivity contribution in [3.8, 4) is 11.5 Å². The molecule has 1 heterocycles. The molecule has 0 saturated heterocycles. The van der Waals surface area contributed by atoms with Gasteiger partial charge in [0.2, 0.25) is 11.7 Å². The maximum Gasteiger partial charge on any atom is 0.373 e. The fourth-order valence-corrected chi connectivity index (χ4v) is 1.88. The normalized spacial score (nSPS) is 10.7. The molecule has 1 aromatic heterocycles. The number of hydrogen-bond donors (Lipinski definition) is 1. The molecule has 0 aliphatic carbocycles. The summed E-state index contributed by atoms with van der Waals surface area (Å²) in [7, 11) is 1.43. The maximum absolute atomic E-state index is 13.1. The molecule has 0 spiro atoms. The van der Waals surface area contributed by atoms with E-state index >= 15 is 0 Å². The van der Waals surface area contributed by atoms with Gasteiger partial charge in [0.1, 0.15) is 11.5 Å². The van der Waals surface area contributed by atoms with Crippen LogP contribution in [0.2, 0.25) is 0 Å². The van der Waals surface area contributed by atoms with Crippen molar-refractivity contribution in [1.29, 1.82) is 0 Å². The molecule has 19 heavy (non-hydrogen) atoms. The van der Waals surface area contributed by atoms with Crippen LogP contribution in [0.3, 0.4) is 0 Å². The van der Waals surface area contributed by atoms with Gasteiger partial charge in [0.25, 0.3) is 0 Å². The van der Waals surface area contributed by atoms with Gasteiger partial charge >= 0.3 is 5.97 Å². The van der Waals surface area contributed by atoms with Gasteiger partial charge in [-0.25, -0.2) is 14.2 Å². The Morgan fingerprint density at radius 2 is 2.32 bits per heavy atom. The molecule has 2 rings (SSSR count). The Kier molecular flexibility index (Phi) is 3.96. The van der Waals surface area contributed by atoms with E-state index in [1.54, 1.807) is 0 Å². The van der Waals surface area contributed by atoms with E-state index in [0.29, 0.717) is 5.56 Å². The first-order valence-electron chi connectivity index (χ1n) is 5.20. The van der Waals surface area contributed by atoms with E-state index in [4.69, 9.17) is 14.3 Å². The molecule has 0 fully saturated rings. The van der Waals surface area contributed by atoms with E-state index < -0.39 is 11.8 Å². The number of aromatic nitrogens is 1. The summed E-state index contributed by atoms with van der Waals surface area (Å²) >= 11 is 3.04. The predicted octanol–water partition coefficient (Wildman–Crippen LogP) is 3.09. The molecule has 0 bridgehead atoms. The summed E-state index contributed by atoms with van der Waals surface area (Å²) in [5, 5.41) is 8.99. The molecule has 0 aliphatic heterocycles. The molecular formula is C12H9BrFNO4. The largest absolute Gasteiger partial charge is 0.475 e. The molecule has 1 aromatic carbocycles. The van der Waals surface area contributed by atoms with Gasteiger partial charge in [0, 0.05) is 12.7 Å². The molecule has 100 valence electrons. The number of oxazole rings is 1. The molecule has 0 radical (unpaired) electrons. The van der Waals surface area contributed by atoms with Crippen molar-refractivity contribution in [2.75, 3.05) is 7.11 Å². The van der Waals surface area contributed by atoms with Crippen LogP contribution in [-0.2, 0) is 11.3 Å². The van der Waals surface area contributed by atoms with Crippen LogP contribution in [0.4, 0.5) is 4.39 Å². The Hall–Kier alpha value is -1.73. The molecule has 5 nitrogen and oxygen atoms in total. The van der Waals surface area contributed by atoms with Crippen molar-refractivity contribution < 1.29 is 23.4 Å². The highest BCUT2D eigenvalue weighted by atomic mass is 79.9. The number of carboxylic acids is 1. The highest BCUT2D eigenvalue weighted by Gasteiger charge is 2.20. The third kappa shape index (κ3) is 2.82. The van der Waals surface area contributed by atoms with E-state index in [1.165, 1.54) is 25.3 Å². The van der Waals surface area contributed by atoms with Gasteiger partial charge in [-0.3, -0.25) is 0 Å². The van der Waals surface area contributed by atoms with Gasteiger partial charge in [0.05, 0.1) is 11.1 Å². The Labute approximate surface area is 116 Å². The van der Waals surface area contributed by atoms with E-state index in [2.05, 4.69) is 20.9 Å². The first-order chi connectivity index (χ1) is 9.02. The van der Waals surface area contributed by atoms with Gasteiger partial charge in [-0.05, 0) is 34.1 Å². The smallest absolute Gasteiger partial charge is 0.373 e. The molecule has 1 N–H and O–H groups in total. The van der Waals surface area contributed by atoms with Crippen LogP contribution >= 0.6 is 15.9 Å². The van der Waals surface area contributed by atoms with Crippen LogP contribution in [0.15, 0.2) is 27.1 Å². The molecular weight excluding hydrogens is 321 g/mol. The van der Waals surface area contributed by atoms with Crippen LogP contribution in [0, 0.1) is 5.82 Å². The lowest BCUT2D eigenvalue weighted by Crippen LogP contribution is -2.00. The number of carbonyl (C=O) groups is 1. The van der Waals surface area contributed by atoms with E-state index in [-0.39, 0.29) is 28.4 Å². The number of methoxy groups -OCH3 is 1. The summed E-state index contributed by atoms with van der Waals surface area (Å²) in [5.74, 6) is -1.83. The lowest BCUT2D eigenvalue weighted by Gasteiger charge is -1.97. The topological polar surface area (TPSA) is 72.6 Å². The second-order valence-electron chi connectivity index (χ2n) is 3.66. The van der Waals surface area contributed by atoms with Crippen molar-refractivity contribution >= 4 is 21.9 Å². The number of benzene rings is 1. The van der Waals surface area contributed by atoms with Gasteiger partial charge in [0.15, 0.2) is 0 Å². The van der Waals surface area contributed by atoms with Crippen LogP contribution in [0.5, 0.6) is 0 Å². The van der Waals surface area contributed by atoms with Crippen molar-refractivity contribution in [3.05, 3.63) is 39.9 Å². The standard InChI is InChI=1S/C12H9BrFNO4/c1-18-5-9-10(12(16)17)19-11(15-9)6-2-3-8(14)7(13)4-6/h2-4H,5H2,1H3,(H,16,17). The Morgan fingerprint density at radius 1 is 1.58 bits per heavy atom. The fraction of sp³-hybridized carbons (Fsp3) is 0.167. The molecule has 0 saturated carbocycles. The zero-order valence-electron chi connectivity index (χ0n) is 9.81. The number of nitrogens with zero attached hydrogens (tertiary/aromatic N) is 1. The first-order valence-corrected chi connectivity index (χ1v) is 5.99. The SMILES string of the molecule is COCc1nc(-c2ccc(F)c(Br)c2)oc1C(=O)O. The zero-order chi connectivity index (χ0) is 14.0. The monoisotopic (exact) mass is 329 g/mol. The lowest BCUT2D eigenvalue weighted by molar-refractivity contribution is 0.0656. The van der Waals surface area contributed by atoms with Gasteiger partial charge < -0.3 is 14.3 Å². The minimum atomic E-state index is -1.23. The van der Waals surface area contributed by atoms with Gasteiger partial charge in [-0.15, -0.1) is 0 Å². The molecule has 0 atom stereocenters. The summed E-state index contributed by atoms with van der Waals surface area (Å²) in [6, 6.07) is 4.15. The summed E-state index contributed by atoms with van der Waals surface area (Å²) in [5.41, 5.74) is 0.656. The third-order valence-electron chi connectivity index (χ3n) is 2.34. The van der Waals surface area contributed by atoms with Gasteiger partial charge in [-0.2, -0.15) is 0 Å². The second-order valence-corrected chi connectivity index (χ2v) is 4.52. The Balaban J connectivity index is 2.47. The maximum atomic E-state index is 13.1. The average molecular weight is 330 g/mol. The van der Waals surface area contributed by atoms with E-state index in [1.807, 2.05) is 0 Å². The summed E-state index contributed by atoms with van der Waals surface area (Å²) < 4.78 is 23.4. The number of halogens is 2. The zero-order valence-corrected chi connectivity index (χ0v) is 11.4. The quantitative estimate of drug-likeness (QED) is 0.933. The lowest BCUT2D eigenvalue weighted by atomic mass is 10.2. The predicted molar refractivity (Wildman–Crippen MR) is 67.3 cm³/mol. The third-order valence-corrected chi connectivity index (χ3v) is 2.95. The Bertz CT molecular complexity index is 626. The van der Waals surface area contributed by atoms with E-state index in [9.17, 15) is 9.18 Å². The van der Waals surface area contributed by atoms with Crippen molar-refractivity contribution in [2.45, 2.75) is 6.61 Å². The molecule has 0 unspecified atom stereocenters. The highest BCUT2D eigenvalue weighted by molar-refractivity contribution is 9.10. The van der Waals surface area contributed by atoms with Crippen LogP contribution < -0.4 is 0 Å². The highest BCUT2D eigenvalue weighted by Crippen LogP contribution is 2.26. The molecule has 0 aliphatic rings. The number of ether oxygens (including phenoxy) is 1. The number of carboxylic acid groups (broad SMARTS) is 1. The summed E-state index contributed by atoms with van der Waals surface area (Å²) in [6.45, 7) is 0.0213. The number of rotatable bonds is 4. The minimum absolute atomic E-state index is 0.0213. The van der Waals surface area contributed by atoms with Crippen LogP contribution in [0.25, 0.3) is 11.5 Å². The summed E-state index contributed by atoms with van der Waals surface area (Å²) in [4.78, 5) is 15.1. The molecule has 7 heteroatoms. The van der Waals surface area contributed by atoms with Gasteiger partial charge in [-0.1, -0.05) is 0 Å². The number of aromatic carboxylic acids is 1. The number of hydrogen-bond acceptors (Lipinski definition) is 4. The molecule has 2 aromatic rings. The van der Waals surface area contributed by atoms with Crippen molar-refractivity contribution in [1.82, 2.24) is 4.98 Å². The summed E-state index contributed by atoms with van der Waals surface area (Å²) in [6.07, 6.45) is 0. The van der Waals surface area contributed by atoms with E-state index in [0.717, 1.165) is 0 Å². The molecule has 0 amide bonds. The average Bonchev–Trinajstić information content (AvgIpc) is 2.77. The van der Waals surface area contributed by atoms with Crippen molar-refractivity contribution in [3.63, 3.8) is 0 Å². The Morgan fingerprint density at radius 3 is 2.89 bits per heavy atom.